The summed E-state index contributed by atoms with van der Waals surface area (Å²) in [5.41, 5.74) is 0. The first-order valence-electron chi connectivity index (χ1n) is 9.26. The van der Waals surface area contributed by atoms with Crippen molar-refractivity contribution in [2.75, 3.05) is 68.7 Å². The largest absolute Gasteiger partial charge is 0.467 e. The van der Waals surface area contributed by atoms with Crippen LogP contribution in [0.5, 0.6) is 12.0 Å². The van der Waals surface area contributed by atoms with Crippen molar-refractivity contribution >= 4 is 17.7 Å². The fourth-order valence-corrected chi connectivity index (χ4v) is 3.28. The SMILES string of the molecule is COc1nc(OC)nc(N2CCC(Nc3nccc(N4CCOCC4)n3)C2)n1. The van der Waals surface area contributed by atoms with E-state index in [1.54, 1.807) is 6.20 Å². The quantitative estimate of drug-likeness (QED) is 0.733. The number of aromatic nitrogens is 5. The zero-order valence-electron chi connectivity index (χ0n) is 16.0. The van der Waals surface area contributed by atoms with Crippen LogP contribution in [0.2, 0.25) is 0 Å². The second-order valence-electron chi connectivity index (χ2n) is 6.52. The van der Waals surface area contributed by atoms with Crippen LogP contribution in [0.25, 0.3) is 0 Å². The summed E-state index contributed by atoms with van der Waals surface area (Å²) in [6.07, 6.45) is 2.70. The molecule has 2 fully saturated rings. The summed E-state index contributed by atoms with van der Waals surface area (Å²) in [5.74, 6) is 2.08. The van der Waals surface area contributed by atoms with Crippen molar-refractivity contribution in [1.82, 2.24) is 24.9 Å². The van der Waals surface area contributed by atoms with E-state index in [1.807, 2.05) is 6.07 Å². The number of anilines is 3. The molecule has 0 aromatic carbocycles. The molecule has 2 aliphatic heterocycles. The predicted molar refractivity (Wildman–Crippen MR) is 102 cm³/mol. The molecule has 4 heterocycles. The lowest BCUT2D eigenvalue weighted by Gasteiger charge is -2.28. The molecule has 11 nitrogen and oxygen atoms in total. The van der Waals surface area contributed by atoms with Gasteiger partial charge in [0.2, 0.25) is 11.9 Å². The van der Waals surface area contributed by atoms with Gasteiger partial charge in [-0.2, -0.15) is 15.0 Å². The summed E-state index contributed by atoms with van der Waals surface area (Å²) >= 11 is 0. The van der Waals surface area contributed by atoms with Crippen LogP contribution in [0, 0.1) is 0 Å². The highest BCUT2D eigenvalue weighted by atomic mass is 16.5. The van der Waals surface area contributed by atoms with E-state index in [1.165, 1.54) is 14.2 Å². The first-order chi connectivity index (χ1) is 13.7. The van der Waals surface area contributed by atoms with E-state index >= 15 is 0 Å². The number of nitrogens with zero attached hydrogens (tertiary/aromatic N) is 7. The number of nitrogens with one attached hydrogen (secondary N) is 1. The summed E-state index contributed by atoms with van der Waals surface area (Å²) in [6, 6.07) is 2.59. The molecule has 1 unspecified atom stereocenters. The van der Waals surface area contributed by atoms with Crippen LogP contribution < -0.4 is 24.6 Å². The average Bonchev–Trinajstić information content (AvgIpc) is 3.22. The highest BCUT2D eigenvalue weighted by Gasteiger charge is 2.26. The summed E-state index contributed by atoms with van der Waals surface area (Å²) in [7, 11) is 3.04. The van der Waals surface area contributed by atoms with Gasteiger partial charge in [-0.15, -0.1) is 4.98 Å². The molecule has 2 aromatic rings. The van der Waals surface area contributed by atoms with Gasteiger partial charge in [-0.05, 0) is 12.5 Å². The molecule has 0 spiro atoms. The Morgan fingerprint density at radius 2 is 1.75 bits per heavy atom. The van der Waals surface area contributed by atoms with Crippen LogP contribution in [0.4, 0.5) is 17.7 Å². The highest BCUT2D eigenvalue weighted by molar-refractivity contribution is 5.44. The Kier molecular flexibility index (Phi) is 5.51. The van der Waals surface area contributed by atoms with Gasteiger partial charge in [-0.25, -0.2) is 4.98 Å². The summed E-state index contributed by atoms with van der Waals surface area (Å²) in [5, 5.41) is 3.42. The molecule has 1 N–H and O–H groups in total. The van der Waals surface area contributed by atoms with Gasteiger partial charge < -0.3 is 29.3 Å². The molecule has 11 heteroatoms. The van der Waals surface area contributed by atoms with E-state index in [-0.39, 0.29) is 18.1 Å². The minimum absolute atomic E-state index is 0.189. The number of morpholine rings is 1. The van der Waals surface area contributed by atoms with Gasteiger partial charge in [0, 0.05) is 38.4 Å². The number of hydrogen-bond donors (Lipinski definition) is 1. The summed E-state index contributed by atoms with van der Waals surface area (Å²) in [4.78, 5) is 26.0. The molecule has 1 atom stereocenters. The van der Waals surface area contributed by atoms with E-state index in [0.29, 0.717) is 11.9 Å². The molecule has 0 saturated carbocycles. The topological polar surface area (TPSA) is 111 Å². The Labute approximate surface area is 163 Å². The third-order valence-electron chi connectivity index (χ3n) is 4.73. The lowest BCUT2D eigenvalue weighted by atomic mass is 10.3. The summed E-state index contributed by atoms with van der Waals surface area (Å²) < 4.78 is 15.7. The Hall–Kier alpha value is -2.95. The number of methoxy groups -OCH3 is 2. The fourth-order valence-electron chi connectivity index (χ4n) is 3.28. The third kappa shape index (κ3) is 4.14. The van der Waals surface area contributed by atoms with Gasteiger partial charge in [-0.1, -0.05) is 0 Å². The van der Waals surface area contributed by atoms with Gasteiger partial charge in [0.25, 0.3) is 0 Å². The van der Waals surface area contributed by atoms with Crippen LogP contribution in [-0.4, -0.2) is 84.6 Å². The van der Waals surface area contributed by atoms with Crippen molar-refractivity contribution in [1.29, 1.82) is 0 Å². The molecule has 150 valence electrons. The zero-order chi connectivity index (χ0) is 19.3. The molecule has 0 amide bonds. The lowest BCUT2D eigenvalue weighted by Crippen LogP contribution is -2.37. The van der Waals surface area contributed by atoms with Gasteiger partial charge in [0.1, 0.15) is 5.82 Å². The Bertz CT molecular complexity index is 779. The zero-order valence-corrected chi connectivity index (χ0v) is 16.0. The molecule has 28 heavy (non-hydrogen) atoms. The van der Waals surface area contributed by atoms with Crippen molar-refractivity contribution in [2.45, 2.75) is 12.5 Å². The van der Waals surface area contributed by atoms with Gasteiger partial charge in [0.05, 0.1) is 27.4 Å². The number of rotatable bonds is 6. The smallest absolute Gasteiger partial charge is 0.324 e. The number of ether oxygens (including phenoxy) is 3. The molecular weight excluding hydrogens is 364 g/mol. The Morgan fingerprint density at radius 1 is 1.00 bits per heavy atom. The van der Waals surface area contributed by atoms with Gasteiger partial charge >= 0.3 is 12.0 Å². The molecule has 0 radical (unpaired) electrons. The highest BCUT2D eigenvalue weighted by Crippen LogP contribution is 2.22. The van der Waals surface area contributed by atoms with Crippen LogP contribution in [0.15, 0.2) is 12.3 Å². The van der Waals surface area contributed by atoms with E-state index in [4.69, 9.17) is 14.2 Å². The van der Waals surface area contributed by atoms with Crippen LogP contribution in [-0.2, 0) is 4.74 Å². The molecule has 2 aromatic heterocycles. The average molecular weight is 388 g/mol. The normalized spacial score (nSPS) is 19.6. The van der Waals surface area contributed by atoms with Crippen molar-refractivity contribution in [3.63, 3.8) is 0 Å². The van der Waals surface area contributed by atoms with E-state index in [9.17, 15) is 0 Å². The first-order valence-corrected chi connectivity index (χ1v) is 9.26. The lowest BCUT2D eigenvalue weighted by molar-refractivity contribution is 0.122. The number of hydrogen-bond acceptors (Lipinski definition) is 11. The van der Waals surface area contributed by atoms with Crippen molar-refractivity contribution in [2.24, 2.45) is 0 Å². The van der Waals surface area contributed by atoms with Crippen molar-refractivity contribution < 1.29 is 14.2 Å². The van der Waals surface area contributed by atoms with Gasteiger partial charge in [0.15, 0.2) is 0 Å². The van der Waals surface area contributed by atoms with Gasteiger partial charge in [-0.3, -0.25) is 0 Å². The van der Waals surface area contributed by atoms with E-state index in [0.717, 1.165) is 51.6 Å². The maximum atomic E-state index is 5.41. The van der Waals surface area contributed by atoms with Crippen molar-refractivity contribution in [3.8, 4) is 12.0 Å². The molecule has 2 saturated heterocycles. The third-order valence-corrected chi connectivity index (χ3v) is 4.73. The molecule has 2 aliphatic rings. The van der Waals surface area contributed by atoms with Crippen LogP contribution >= 0.6 is 0 Å². The second-order valence-corrected chi connectivity index (χ2v) is 6.52. The minimum Gasteiger partial charge on any atom is -0.467 e. The standard InChI is InChI=1S/C17H24N8O3/c1-26-16-21-15(22-17(23-16)27-2)25-6-4-12(11-25)19-14-18-5-3-13(20-14)24-7-9-28-10-8-24/h3,5,12H,4,6-11H2,1-2H3,(H,18,19,20). The molecule has 0 bridgehead atoms. The predicted octanol–water partition coefficient (Wildman–Crippen LogP) is 0.206. The van der Waals surface area contributed by atoms with Crippen LogP contribution in [0.1, 0.15) is 6.42 Å². The monoisotopic (exact) mass is 388 g/mol. The minimum atomic E-state index is 0.189. The second kappa shape index (κ2) is 8.38. The van der Waals surface area contributed by atoms with E-state index in [2.05, 4.69) is 40.0 Å². The fraction of sp³-hybridized carbons (Fsp3) is 0.588. The Morgan fingerprint density at radius 3 is 2.46 bits per heavy atom. The molecular formula is C17H24N8O3. The van der Waals surface area contributed by atoms with Crippen molar-refractivity contribution in [3.05, 3.63) is 12.3 Å². The Balaban J connectivity index is 1.41. The maximum absolute atomic E-state index is 5.41. The summed E-state index contributed by atoms with van der Waals surface area (Å²) in [6.45, 7) is 4.67. The maximum Gasteiger partial charge on any atom is 0.324 e. The molecule has 4 rings (SSSR count). The molecule has 0 aliphatic carbocycles. The first kappa shape index (κ1) is 18.4. The van der Waals surface area contributed by atoms with E-state index < -0.39 is 0 Å². The van der Waals surface area contributed by atoms with Crippen LogP contribution in [0.3, 0.4) is 0 Å².